The molecule has 1 atom stereocenters. The van der Waals surface area contributed by atoms with E-state index in [0.717, 1.165) is 6.26 Å². The molecular formula is C6H15N3O5S2. The highest BCUT2D eigenvalue weighted by Gasteiger charge is 2.19. The lowest BCUT2D eigenvalue weighted by Crippen LogP contribution is -2.37. The number of nitrogens with two attached hydrogens (primary N) is 1. The van der Waals surface area contributed by atoms with Crippen LogP contribution < -0.4 is 10.5 Å². The lowest BCUT2D eigenvalue weighted by Gasteiger charge is -2.10. The molecule has 0 heterocycles. The third-order valence-corrected chi connectivity index (χ3v) is 5.16. The third-order valence-electron chi connectivity index (χ3n) is 1.60. The van der Waals surface area contributed by atoms with E-state index in [1.54, 1.807) is 0 Å². The molecule has 0 saturated heterocycles. The predicted octanol–water partition coefficient (Wildman–Crippen LogP) is -1.71. The number of sulfone groups is 1. The Morgan fingerprint density at radius 2 is 1.94 bits per heavy atom. The first-order chi connectivity index (χ1) is 7.07. The van der Waals surface area contributed by atoms with Gasteiger partial charge in [0.05, 0.1) is 0 Å². The Hall–Kier alpha value is -0.870. The zero-order valence-corrected chi connectivity index (χ0v) is 10.5. The fourth-order valence-electron chi connectivity index (χ4n) is 0.779. The molecule has 0 spiro atoms. The number of hydrogen-bond acceptors (Lipinski definition) is 6. The largest absolute Gasteiger partial charge is 0.409 e. The molecule has 0 amide bonds. The van der Waals surface area contributed by atoms with Crippen LogP contribution in [0.25, 0.3) is 0 Å². The molecule has 0 aliphatic heterocycles. The van der Waals surface area contributed by atoms with E-state index >= 15 is 0 Å². The van der Waals surface area contributed by atoms with Crippen LogP contribution in [0, 0.1) is 5.92 Å². The first-order valence-corrected chi connectivity index (χ1v) is 7.91. The van der Waals surface area contributed by atoms with Crippen molar-refractivity contribution in [3.05, 3.63) is 0 Å². The normalized spacial score (nSPS) is 16.0. The Labute approximate surface area is 94.5 Å². The topological polar surface area (TPSA) is 139 Å². The van der Waals surface area contributed by atoms with E-state index in [0.29, 0.717) is 0 Å². The number of rotatable bonds is 6. The molecule has 0 bridgehead atoms. The average Bonchev–Trinajstić information content (AvgIpc) is 2.09. The van der Waals surface area contributed by atoms with Crippen LogP contribution in [0.15, 0.2) is 5.16 Å². The molecule has 0 aliphatic carbocycles. The maximum atomic E-state index is 11.2. The molecule has 0 aromatic rings. The summed E-state index contributed by atoms with van der Waals surface area (Å²) in [5, 5.41) is 10.0. The Bertz CT molecular complexity index is 453. The number of hydrogen-bond donors (Lipinski definition) is 3. The highest BCUT2D eigenvalue weighted by Crippen LogP contribution is 1.96. The molecule has 0 rings (SSSR count). The number of nitrogens with one attached hydrogen (secondary N) is 1. The molecule has 96 valence electrons. The Morgan fingerprint density at radius 1 is 1.44 bits per heavy atom. The van der Waals surface area contributed by atoms with Crippen LogP contribution in [0.4, 0.5) is 0 Å². The van der Waals surface area contributed by atoms with Crippen molar-refractivity contribution >= 4 is 25.7 Å². The molecule has 0 saturated carbocycles. The number of sulfonamides is 1. The molecule has 1 unspecified atom stereocenters. The van der Waals surface area contributed by atoms with E-state index in [4.69, 9.17) is 10.9 Å². The zero-order chi connectivity index (χ0) is 13.0. The SMILES string of the molecule is CC(CNS(=O)(=O)CS(C)(=O)=O)C(N)=NO. The maximum absolute atomic E-state index is 11.2. The van der Waals surface area contributed by atoms with Crippen molar-refractivity contribution in [2.75, 3.05) is 17.9 Å². The van der Waals surface area contributed by atoms with Gasteiger partial charge in [-0.15, -0.1) is 0 Å². The van der Waals surface area contributed by atoms with Gasteiger partial charge < -0.3 is 10.9 Å². The molecule has 8 nitrogen and oxygen atoms in total. The van der Waals surface area contributed by atoms with Crippen LogP contribution in [0.1, 0.15) is 6.92 Å². The van der Waals surface area contributed by atoms with E-state index in [2.05, 4.69) is 9.88 Å². The first kappa shape index (κ1) is 15.1. The quantitative estimate of drug-likeness (QED) is 0.228. The average molecular weight is 273 g/mol. The van der Waals surface area contributed by atoms with Crippen molar-refractivity contribution in [1.82, 2.24) is 4.72 Å². The fraction of sp³-hybridized carbons (Fsp3) is 0.833. The van der Waals surface area contributed by atoms with Gasteiger partial charge >= 0.3 is 0 Å². The molecule has 4 N–H and O–H groups in total. The Balaban J connectivity index is 4.43. The summed E-state index contributed by atoms with van der Waals surface area (Å²) in [5.74, 6) is -0.665. The summed E-state index contributed by atoms with van der Waals surface area (Å²) < 4.78 is 46.1. The predicted molar refractivity (Wildman–Crippen MR) is 59.2 cm³/mol. The van der Waals surface area contributed by atoms with Crippen LogP contribution in [0.5, 0.6) is 0 Å². The van der Waals surface area contributed by atoms with E-state index in [1.807, 2.05) is 0 Å². The summed E-state index contributed by atoms with van der Waals surface area (Å²) >= 11 is 0. The molecule has 0 aliphatic rings. The minimum absolute atomic E-state index is 0.131. The molecule has 0 radical (unpaired) electrons. The maximum Gasteiger partial charge on any atom is 0.226 e. The van der Waals surface area contributed by atoms with Crippen LogP contribution in [0.2, 0.25) is 0 Å². The van der Waals surface area contributed by atoms with E-state index in [9.17, 15) is 16.8 Å². The summed E-state index contributed by atoms with van der Waals surface area (Å²) in [4.78, 5) is 0. The van der Waals surface area contributed by atoms with E-state index < -0.39 is 30.9 Å². The second kappa shape index (κ2) is 5.46. The van der Waals surface area contributed by atoms with Gasteiger partial charge in [0.15, 0.2) is 14.9 Å². The first-order valence-electron chi connectivity index (χ1n) is 4.20. The standard InChI is InChI=1S/C6H15N3O5S2/c1-5(6(7)9-10)3-8-16(13,14)4-15(2,11)12/h5,8,10H,3-4H2,1-2H3,(H2,7,9). The van der Waals surface area contributed by atoms with Crippen LogP contribution in [-0.2, 0) is 19.9 Å². The zero-order valence-electron chi connectivity index (χ0n) is 8.91. The molecule has 10 heteroatoms. The summed E-state index contributed by atoms with van der Waals surface area (Å²) in [6.07, 6.45) is 0.819. The number of oxime groups is 1. The highest BCUT2D eigenvalue weighted by molar-refractivity contribution is 8.06. The second-order valence-electron chi connectivity index (χ2n) is 3.43. The number of nitrogens with zero attached hydrogens (tertiary/aromatic N) is 1. The van der Waals surface area contributed by atoms with Crippen molar-refractivity contribution in [2.24, 2.45) is 16.8 Å². The third kappa shape index (κ3) is 6.58. The van der Waals surface area contributed by atoms with Gasteiger partial charge in [0, 0.05) is 18.7 Å². The molecule has 0 fully saturated rings. The van der Waals surface area contributed by atoms with Gasteiger partial charge in [0.25, 0.3) is 0 Å². The van der Waals surface area contributed by atoms with Gasteiger partial charge in [-0.05, 0) is 0 Å². The van der Waals surface area contributed by atoms with Gasteiger partial charge in [0.2, 0.25) is 10.0 Å². The Kier molecular flexibility index (Phi) is 5.16. The Morgan fingerprint density at radius 3 is 2.31 bits per heavy atom. The van der Waals surface area contributed by atoms with Gasteiger partial charge in [-0.25, -0.2) is 21.6 Å². The van der Waals surface area contributed by atoms with Crippen LogP contribution in [0.3, 0.4) is 0 Å². The highest BCUT2D eigenvalue weighted by atomic mass is 32.3. The minimum Gasteiger partial charge on any atom is -0.409 e. The lowest BCUT2D eigenvalue weighted by molar-refractivity contribution is 0.314. The van der Waals surface area contributed by atoms with Crippen molar-refractivity contribution in [3.8, 4) is 0 Å². The fourth-order valence-corrected chi connectivity index (χ4v) is 3.87. The molecule has 0 aromatic carbocycles. The summed E-state index contributed by atoms with van der Waals surface area (Å²) in [7, 11) is -7.52. The lowest BCUT2D eigenvalue weighted by atomic mass is 10.2. The smallest absolute Gasteiger partial charge is 0.226 e. The van der Waals surface area contributed by atoms with Crippen LogP contribution in [-0.4, -0.2) is 45.8 Å². The minimum atomic E-state index is -3.91. The van der Waals surface area contributed by atoms with Gasteiger partial charge in [-0.1, -0.05) is 12.1 Å². The summed E-state index contributed by atoms with van der Waals surface area (Å²) in [5.41, 5.74) is 5.22. The van der Waals surface area contributed by atoms with E-state index in [1.165, 1.54) is 6.92 Å². The van der Waals surface area contributed by atoms with Gasteiger partial charge in [-0.3, -0.25) is 0 Å². The molecule has 0 aromatic heterocycles. The van der Waals surface area contributed by atoms with Crippen molar-refractivity contribution in [2.45, 2.75) is 6.92 Å². The van der Waals surface area contributed by atoms with Crippen molar-refractivity contribution in [3.63, 3.8) is 0 Å². The second-order valence-corrected chi connectivity index (χ2v) is 7.75. The molecular weight excluding hydrogens is 258 g/mol. The number of amidine groups is 1. The van der Waals surface area contributed by atoms with Crippen LogP contribution >= 0.6 is 0 Å². The van der Waals surface area contributed by atoms with Crippen molar-refractivity contribution < 1.29 is 22.0 Å². The van der Waals surface area contributed by atoms with Crippen molar-refractivity contribution in [1.29, 1.82) is 0 Å². The van der Waals surface area contributed by atoms with Gasteiger partial charge in [-0.2, -0.15) is 0 Å². The van der Waals surface area contributed by atoms with Gasteiger partial charge in [0.1, 0.15) is 5.84 Å². The summed E-state index contributed by atoms with van der Waals surface area (Å²) in [6, 6.07) is 0. The summed E-state index contributed by atoms with van der Waals surface area (Å²) in [6.45, 7) is 1.39. The van der Waals surface area contributed by atoms with E-state index in [-0.39, 0.29) is 12.4 Å². The molecule has 16 heavy (non-hydrogen) atoms. The monoisotopic (exact) mass is 273 g/mol.